The Hall–Kier alpha value is -4.79. The molecule has 4 aromatic rings. The van der Waals surface area contributed by atoms with Gasteiger partial charge >= 0.3 is 6.09 Å². The van der Waals surface area contributed by atoms with Crippen molar-refractivity contribution >= 4 is 57.7 Å². The molecule has 0 aliphatic heterocycles. The lowest BCUT2D eigenvalue weighted by molar-refractivity contribution is -0.115. The number of anilines is 1. The lowest BCUT2D eigenvalue weighted by Crippen LogP contribution is -2.31. The first-order valence-electron chi connectivity index (χ1n) is 11.2. The van der Waals surface area contributed by atoms with Gasteiger partial charge in [0.15, 0.2) is 11.6 Å². The highest BCUT2D eigenvalue weighted by atomic mass is 35.5. The van der Waals surface area contributed by atoms with Crippen molar-refractivity contribution in [2.45, 2.75) is 6.54 Å². The predicted octanol–water partition coefficient (Wildman–Crippen LogP) is 5.41. The molecule has 0 fully saturated rings. The molecule has 0 unspecified atom stereocenters. The maximum Gasteiger partial charge on any atom is 0.405 e. The minimum Gasteiger partial charge on any atom is -0.465 e. The number of aromatic amines is 1. The van der Waals surface area contributed by atoms with Gasteiger partial charge < -0.3 is 30.8 Å². The molecule has 1 aromatic heterocycles. The van der Waals surface area contributed by atoms with E-state index < -0.39 is 30.3 Å². The fourth-order valence-electron chi connectivity index (χ4n) is 3.57. The van der Waals surface area contributed by atoms with Crippen LogP contribution in [0.2, 0.25) is 10.0 Å². The largest absolute Gasteiger partial charge is 0.465 e. The average Bonchev–Trinajstić information content (AvgIpc) is 3.32. The van der Waals surface area contributed by atoms with Crippen LogP contribution in [0.3, 0.4) is 0 Å². The molecule has 10 nitrogen and oxygen atoms in total. The van der Waals surface area contributed by atoms with E-state index in [1.807, 2.05) is 11.4 Å². The smallest absolute Gasteiger partial charge is 0.405 e. The van der Waals surface area contributed by atoms with Crippen LogP contribution in [-0.4, -0.2) is 34.5 Å². The van der Waals surface area contributed by atoms with Crippen LogP contribution in [0, 0.1) is 17.1 Å². The minimum absolute atomic E-state index is 0.0155. The highest BCUT2D eigenvalue weighted by molar-refractivity contribution is 6.32. The van der Waals surface area contributed by atoms with E-state index in [2.05, 4.69) is 15.6 Å². The van der Waals surface area contributed by atoms with Crippen molar-refractivity contribution in [3.05, 3.63) is 87.3 Å². The van der Waals surface area contributed by atoms with Crippen LogP contribution < -0.4 is 20.7 Å². The normalized spacial score (nSPS) is 10.5. The van der Waals surface area contributed by atoms with E-state index in [4.69, 9.17) is 38.3 Å². The molecule has 0 aliphatic carbocycles. The van der Waals surface area contributed by atoms with Crippen molar-refractivity contribution in [2.75, 3.05) is 11.9 Å². The van der Waals surface area contributed by atoms with Gasteiger partial charge in [0, 0.05) is 33.7 Å². The zero-order valence-corrected chi connectivity index (χ0v) is 21.3. The number of aromatic nitrogens is 1. The number of hydrogen-bond acceptors (Lipinski definition) is 5. The molecule has 1 heterocycles. The number of H-pyrrole nitrogens is 1. The van der Waals surface area contributed by atoms with Gasteiger partial charge in [-0.15, -0.1) is 0 Å². The molecule has 0 saturated heterocycles. The number of nitrogens with zero attached hydrogens (tertiary/aromatic N) is 1. The van der Waals surface area contributed by atoms with Crippen LogP contribution in [0.25, 0.3) is 10.9 Å². The quantitative estimate of drug-likeness (QED) is 0.191. The summed E-state index contributed by atoms with van der Waals surface area (Å²) in [5.74, 6) is -2.04. The summed E-state index contributed by atoms with van der Waals surface area (Å²) in [6, 6.07) is 15.4. The van der Waals surface area contributed by atoms with Crippen LogP contribution in [-0.2, 0) is 11.3 Å². The van der Waals surface area contributed by atoms with Crippen LogP contribution >= 0.6 is 23.2 Å². The monoisotopic (exact) mass is 569 g/mol. The number of ether oxygens (including phenoxy) is 1. The van der Waals surface area contributed by atoms with Crippen LogP contribution in [0.4, 0.5) is 14.9 Å². The molecule has 0 spiro atoms. The van der Waals surface area contributed by atoms with Crippen LogP contribution in [0.1, 0.15) is 21.6 Å². The molecule has 4 rings (SSSR count). The zero-order valence-electron chi connectivity index (χ0n) is 19.8. The Morgan fingerprint density at radius 2 is 1.85 bits per heavy atom. The number of nitriles is 1. The molecular formula is C26H18Cl2FN5O5. The summed E-state index contributed by atoms with van der Waals surface area (Å²) in [5.41, 5.74) is 1.52. The Labute approximate surface area is 230 Å². The topological polar surface area (TPSA) is 156 Å². The molecule has 0 radical (unpaired) electrons. The van der Waals surface area contributed by atoms with Crippen molar-refractivity contribution < 1.29 is 28.6 Å². The van der Waals surface area contributed by atoms with Crippen LogP contribution in [0.15, 0.2) is 54.6 Å². The number of carbonyl (C=O) groups excluding carboxylic acids is 2. The number of halogens is 3. The van der Waals surface area contributed by atoms with E-state index in [0.29, 0.717) is 16.6 Å². The van der Waals surface area contributed by atoms with Gasteiger partial charge in [-0.3, -0.25) is 9.59 Å². The fraction of sp³-hybridized carbons (Fsp3) is 0.0769. The van der Waals surface area contributed by atoms with Crippen molar-refractivity contribution in [2.24, 2.45) is 0 Å². The number of rotatable bonds is 8. The number of hydrogen-bond donors (Lipinski definition) is 5. The summed E-state index contributed by atoms with van der Waals surface area (Å²) >= 11 is 12.1. The van der Waals surface area contributed by atoms with Gasteiger partial charge in [-0.25, -0.2) is 9.18 Å². The third kappa shape index (κ3) is 6.75. The second-order valence-electron chi connectivity index (χ2n) is 8.11. The van der Waals surface area contributed by atoms with Crippen molar-refractivity contribution in [1.82, 2.24) is 15.6 Å². The number of amides is 3. The van der Waals surface area contributed by atoms with Crippen molar-refractivity contribution in [3.8, 4) is 17.6 Å². The summed E-state index contributed by atoms with van der Waals surface area (Å²) in [6.07, 6.45) is -1.32. The molecule has 39 heavy (non-hydrogen) atoms. The van der Waals surface area contributed by atoms with Gasteiger partial charge in [0.1, 0.15) is 18.0 Å². The SMILES string of the molecule is N#Cc1cc(Cl)cc(Oc2c(Cl)ccc(CNC(=O)c3cc4cc(NC(=O)CNC(=O)O)ccc4[nH]3)c2F)c1. The molecule has 0 saturated carbocycles. The molecule has 198 valence electrons. The van der Waals surface area contributed by atoms with Gasteiger partial charge in [0.2, 0.25) is 5.91 Å². The fourth-order valence-corrected chi connectivity index (χ4v) is 3.98. The summed E-state index contributed by atoms with van der Waals surface area (Å²) in [7, 11) is 0. The number of nitrogens with one attached hydrogen (secondary N) is 4. The number of benzene rings is 3. The highest BCUT2D eigenvalue weighted by Crippen LogP contribution is 2.35. The Balaban J connectivity index is 1.45. The maximum atomic E-state index is 15.2. The first kappa shape index (κ1) is 27.3. The average molecular weight is 570 g/mol. The second kappa shape index (κ2) is 11.7. The van der Waals surface area contributed by atoms with Gasteiger partial charge in [0.05, 0.1) is 16.7 Å². The Morgan fingerprint density at radius 3 is 2.59 bits per heavy atom. The molecular weight excluding hydrogens is 552 g/mol. The van der Waals surface area contributed by atoms with Gasteiger partial charge in [-0.1, -0.05) is 29.3 Å². The van der Waals surface area contributed by atoms with E-state index in [1.54, 1.807) is 24.3 Å². The van der Waals surface area contributed by atoms with E-state index in [9.17, 15) is 14.4 Å². The zero-order chi connectivity index (χ0) is 28.1. The summed E-state index contributed by atoms with van der Waals surface area (Å²) in [5, 5.41) is 25.7. The maximum absolute atomic E-state index is 15.2. The number of carbonyl (C=O) groups is 3. The minimum atomic E-state index is -1.32. The molecule has 0 aliphatic rings. The summed E-state index contributed by atoms with van der Waals surface area (Å²) < 4.78 is 20.8. The first-order valence-corrected chi connectivity index (χ1v) is 11.9. The van der Waals surface area contributed by atoms with Crippen LogP contribution in [0.5, 0.6) is 11.5 Å². The van der Waals surface area contributed by atoms with E-state index in [0.717, 1.165) is 0 Å². The van der Waals surface area contributed by atoms with E-state index >= 15 is 4.39 Å². The molecule has 3 amide bonds. The molecule has 0 bridgehead atoms. The first-order chi connectivity index (χ1) is 18.6. The Kier molecular flexibility index (Phi) is 8.19. The second-order valence-corrected chi connectivity index (χ2v) is 8.96. The van der Waals surface area contributed by atoms with Crippen molar-refractivity contribution in [3.63, 3.8) is 0 Å². The molecule has 5 N–H and O–H groups in total. The number of fused-ring (bicyclic) bond motifs is 1. The third-order valence-corrected chi connectivity index (χ3v) is 5.85. The third-order valence-electron chi connectivity index (χ3n) is 5.34. The lowest BCUT2D eigenvalue weighted by atomic mass is 10.2. The van der Waals surface area contributed by atoms with E-state index in [-0.39, 0.29) is 44.9 Å². The lowest BCUT2D eigenvalue weighted by Gasteiger charge is -2.13. The Bertz CT molecular complexity index is 1650. The molecule has 3 aromatic carbocycles. The van der Waals surface area contributed by atoms with Gasteiger partial charge in [0.25, 0.3) is 5.91 Å². The molecule has 13 heteroatoms. The molecule has 0 atom stereocenters. The van der Waals surface area contributed by atoms with Gasteiger partial charge in [-0.2, -0.15) is 5.26 Å². The summed E-state index contributed by atoms with van der Waals surface area (Å²) in [6.45, 7) is -0.605. The highest BCUT2D eigenvalue weighted by Gasteiger charge is 2.17. The predicted molar refractivity (Wildman–Crippen MR) is 142 cm³/mol. The van der Waals surface area contributed by atoms with Crippen molar-refractivity contribution in [1.29, 1.82) is 5.26 Å². The standard InChI is InChI=1S/C26H18Cl2FN5O5/c27-16-5-13(10-30)6-18(9-16)39-24-19(28)3-1-14(23(24)29)11-31-25(36)21-8-15-7-17(2-4-20(15)34-21)33-22(35)12-32-26(37)38/h1-9,32,34H,11-12H2,(H,31,36)(H,33,35)(H,37,38). The number of carboxylic acid groups (broad SMARTS) is 1. The Morgan fingerprint density at radius 1 is 1.05 bits per heavy atom. The van der Waals surface area contributed by atoms with E-state index in [1.165, 1.54) is 30.3 Å². The van der Waals surface area contributed by atoms with Gasteiger partial charge in [-0.05, 0) is 48.5 Å². The summed E-state index contributed by atoms with van der Waals surface area (Å²) in [4.78, 5) is 38.1.